The van der Waals surface area contributed by atoms with E-state index in [0.717, 1.165) is 12.1 Å². The standard InChI is InChI=1S/C13H13F3N2O/c1-7(4-12(17)19)10-6-18-11-3-2-8(5-9(10)11)13(14,15)16/h2-3,5-7,18H,4H2,1H3,(H2,17,19). The molecule has 1 amide bonds. The van der Waals surface area contributed by atoms with Crippen LogP contribution >= 0.6 is 0 Å². The molecule has 0 aliphatic carbocycles. The lowest BCUT2D eigenvalue weighted by Gasteiger charge is -2.10. The van der Waals surface area contributed by atoms with E-state index in [1.165, 1.54) is 6.07 Å². The Morgan fingerprint density at radius 1 is 1.42 bits per heavy atom. The number of H-pyrrole nitrogens is 1. The third-order valence-electron chi connectivity index (χ3n) is 3.08. The Bertz CT molecular complexity index is 616. The van der Waals surface area contributed by atoms with E-state index in [9.17, 15) is 18.0 Å². The number of fused-ring (bicyclic) bond motifs is 1. The minimum atomic E-state index is -4.38. The number of rotatable bonds is 3. The molecule has 3 nitrogen and oxygen atoms in total. The van der Waals surface area contributed by atoms with Crippen LogP contribution in [0.15, 0.2) is 24.4 Å². The molecule has 0 saturated carbocycles. The number of hydrogen-bond acceptors (Lipinski definition) is 1. The van der Waals surface area contributed by atoms with Crippen molar-refractivity contribution in [2.75, 3.05) is 0 Å². The Balaban J connectivity index is 2.48. The SMILES string of the molecule is CC(CC(N)=O)c1c[nH]c2ccc(C(F)(F)F)cc12. The van der Waals surface area contributed by atoms with Crippen molar-refractivity contribution < 1.29 is 18.0 Å². The zero-order valence-corrected chi connectivity index (χ0v) is 10.2. The molecule has 0 spiro atoms. The second-order valence-electron chi connectivity index (χ2n) is 4.57. The van der Waals surface area contributed by atoms with E-state index in [1.54, 1.807) is 13.1 Å². The van der Waals surface area contributed by atoms with Crippen molar-refractivity contribution in [2.45, 2.75) is 25.4 Å². The minimum Gasteiger partial charge on any atom is -0.370 e. The number of hydrogen-bond donors (Lipinski definition) is 2. The van der Waals surface area contributed by atoms with E-state index in [-0.39, 0.29) is 12.3 Å². The average Bonchev–Trinajstić information content (AvgIpc) is 2.69. The number of alkyl halides is 3. The lowest BCUT2D eigenvalue weighted by atomic mass is 9.96. The summed E-state index contributed by atoms with van der Waals surface area (Å²) in [7, 11) is 0. The molecule has 0 aliphatic rings. The maximum atomic E-state index is 12.7. The van der Waals surface area contributed by atoms with Gasteiger partial charge in [0, 0.05) is 23.5 Å². The smallest absolute Gasteiger partial charge is 0.370 e. The molecule has 1 unspecified atom stereocenters. The second-order valence-corrected chi connectivity index (χ2v) is 4.57. The zero-order chi connectivity index (χ0) is 14.2. The highest BCUT2D eigenvalue weighted by atomic mass is 19.4. The summed E-state index contributed by atoms with van der Waals surface area (Å²) < 4.78 is 38.0. The molecule has 6 heteroatoms. The van der Waals surface area contributed by atoms with Gasteiger partial charge in [-0.3, -0.25) is 4.79 Å². The van der Waals surface area contributed by atoms with Gasteiger partial charge in [0.2, 0.25) is 5.91 Å². The molecule has 1 heterocycles. The van der Waals surface area contributed by atoms with Crippen LogP contribution in [0.5, 0.6) is 0 Å². The van der Waals surface area contributed by atoms with Gasteiger partial charge in [0.15, 0.2) is 0 Å². The van der Waals surface area contributed by atoms with E-state index < -0.39 is 17.6 Å². The average molecular weight is 270 g/mol. The number of nitrogens with one attached hydrogen (secondary N) is 1. The van der Waals surface area contributed by atoms with Crippen LogP contribution in [0, 0.1) is 0 Å². The molecule has 0 aliphatic heterocycles. The third kappa shape index (κ3) is 2.72. The van der Waals surface area contributed by atoms with Crippen LogP contribution in [-0.4, -0.2) is 10.9 Å². The number of halogens is 3. The maximum Gasteiger partial charge on any atom is 0.416 e. The first-order valence-electron chi connectivity index (χ1n) is 5.75. The van der Waals surface area contributed by atoms with Crippen molar-refractivity contribution >= 4 is 16.8 Å². The number of primary amides is 1. The first kappa shape index (κ1) is 13.5. The monoisotopic (exact) mass is 270 g/mol. The summed E-state index contributed by atoms with van der Waals surface area (Å²) in [5.74, 6) is -0.705. The molecule has 102 valence electrons. The molecule has 0 fully saturated rings. The molecule has 0 bridgehead atoms. The number of amides is 1. The minimum absolute atomic E-state index is 0.100. The highest BCUT2D eigenvalue weighted by Gasteiger charge is 2.31. The quantitative estimate of drug-likeness (QED) is 0.884. The van der Waals surface area contributed by atoms with Crippen LogP contribution in [0.3, 0.4) is 0 Å². The molecule has 0 radical (unpaired) electrons. The number of carbonyl (C=O) groups is 1. The van der Waals surface area contributed by atoms with Crippen LogP contribution in [0.1, 0.15) is 30.4 Å². The molecule has 3 N–H and O–H groups in total. The summed E-state index contributed by atoms with van der Waals surface area (Å²) in [6.45, 7) is 1.76. The number of aromatic amines is 1. The van der Waals surface area contributed by atoms with Gasteiger partial charge in [-0.2, -0.15) is 13.2 Å². The summed E-state index contributed by atoms with van der Waals surface area (Å²) in [6, 6.07) is 3.51. The predicted octanol–water partition coefficient (Wildman–Crippen LogP) is 3.17. The van der Waals surface area contributed by atoms with Gasteiger partial charge in [-0.05, 0) is 29.7 Å². The highest BCUT2D eigenvalue weighted by Crippen LogP contribution is 2.34. The van der Waals surface area contributed by atoms with Crippen LogP contribution in [0.2, 0.25) is 0 Å². The summed E-state index contributed by atoms with van der Waals surface area (Å²) in [5.41, 5.74) is 5.69. The van der Waals surface area contributed by atoms with Gasteiger partial charge in [0.25, 0.3) is 0 Å². The molecular formula is C13H13F3N2O. The number of carbonyl (C=O) groups excluding carboxylic acids is 1. The fourth-order valence-electron chi connectivity index (χ4n) is 2.14. The molecule has 19 heavy (non-hydrogen) atoms. The van der Waals surface area contributed by atoms with E-state index in [2.05, 4.69) is 4.98 Å². The summed E-state index contributed by atoms with van der Waals surface area (Å²) >= 11 is 0. The number of aromatic nitrogens is 1. The van der Waals surface area contributed by atoms with E-state index >= 15 is 0 Å². The largest absolute Gasteiger partial charge is 0.416 e. The van der Waals surface area contributed by atoms with Crippen LogP contribution < -0.4 is 5.73 Å². The van der Waals surface area contributed by atoms with Crippen molar-refractivity contribution in [2.24, 2.45) is 5.73 Å². The molecule has 2 aromatic rings. The summed E-state index contributed by atoms with van der Waals surface area (Å²) in [6.07, 6.45) is -2.66. The second kappa shape index (κ2) is 4.60. The van der Waals surface area contributed by atoms with Gasteiger partial charge in [-0.1, -0.05) is 6.92 Å². The number of benzene rings is 1. The van der Waals surface area contributed by atoms with Gasteiger partial charge in [0.1, 0.15) is 0 Å². The third-order valence-corrected chi connectivity index (χ3v) is 3.08. The predicted molar refractivity (Wildman–Crippen MR) is 65.5 cm³/mol. The molecule has 2 rings (SSSR count). The number of nitrogens with two attached hydrogens (primary N) is 1. The van der Waals surface area contributed by atoms with Gasteiger partial charge in [0.05, 0.1) is 5.56 Å². The van der Waals surface area contributed by atoms with Crippen molar-refractivity contribution in [3.05, 3.63) is 35.5 Å². The first-order chi connectivity index (χ1) is 8.79. The van der Waals surface area contributed by atoms with E-state index in [4.69, 9.17) is 5.73 Å². The molecule has 1 atom stereocenters. The molecule has 1 aromatic carbocycles. The van der Waals surface area contributed by atoms with Crippen molar-refractivity contribution in [3.63, 3.8) is 0 Å². The Morgan fingerprint density at radius 2 is 2.11 bits per heavy atom. The lowest BCUT2D eigenvalue weighted by Crippen LogP contribution is -2.13. The normalized spacial score (nSPS) is 13.7. The van der Waals surface area contributed by atoms with Crippen molar-refractivity contribution in [1.29, 1.82) is 0 Å². The molecule has 0 saturated heterocycles. The first-order valence-corrected chi connectivity index (χ1v) is 5.75. The van der Waals surface area contributed by atoms with E-state index in [1.807, 2.05) is 0 Å². The van der Waals surface area contributed by atoms with Gasteiger partial charge >= 0.3 is 6.18 Å². The van der Waals surface area contributed by atoms with Crippen LogP contribution in [0.25, 0.3) is 10.9 Å². The topological polar surface area (TPSA) is 58.9 Å². The van der Waals surface area contributed by atoms with Gasteiger partial charge < -0.3 is 10.7 Å². The fourth-order valence-corrected chi connectivity index (χ4v) is 2.14. The maximum absolute atomic E-state index is 12.7. The lowest BCUT2D eigenvalue weighted by molar-refractivity contribution is -0.137. The van der Waals surface area contributed by atoms with Crippen LogP contribution in [0.4, 0.5) is 13.2 Å². The Kier molecular flexibility index (Phi) is 3.26. The van der Waals surface area contributed by atoms with Crippen molar-refractivity contribution in [1.82, 2.24) is 4.98 Å². The van der Waals surface area contributed by atoms with Gasteiger partial charge in [-0.25, -0.2) is 0 Å². The van der Waals surface area contributed by atoms with E-state index in [0.29, 0.717) is 16.5 Å². The fraction of sp³-hybridized carbons (Fsp3) is 0.308. The Hall–Kier alpha value is -1.98. The Morgan fingerprint density at radius 3 is 2.68 bits per heavy atom. The highest BCUT2D eigenvalue weighted by molar-refractivity contribution is 5.85. The Labute approximate surface area is 107 Å². The van der Waals surface area contributed by atoms with Crippen molar-refractivity contribution in [3.8, 4) is 0 Å². The summed E-state index contributed by atoms with van der Waals surface area (Å²) in [4.78, 5) is 13.8. The van der Waals surface area contributed by atoms with Crippen LogP contribution in [-0.2, 0) is 11.0 Å². The van der Waals surface area contributed by atoms with Gasteiger partial charge in [-0.15, -0.1) is 0 Å². The molecule has 1 aromatic heterocycles. The molecular weight excluding hydrogens is 257 g/mol. The zero-order valence-electron chi connectivity index (χ0n) is 10.2. The summed E-state index contributed by atoms with van der Waals surface area (Å²) in [5, 5.41) is 0.476.